The van der Waals surface area contributed by atoms with Gasteiger partial charge >= 0.3 is 0 Å². The molecule has 0 radical (unpaired) electrons. The first-order chi connectivity index (χ1) is 9.14. The van der Waals surface area contributed by atoms with Crippen LogP contribution in [0, 0.1) is 6.92 Å². The van der Waals surface area contributed by atoms with Crippen LogP contribution in [0.4, 0.5) is 0 Å². The fraction of sp³-hybridized carbons (Fsp3) is 0.733. The number of hydrogen-bond acceptors (Lipinski definition) is 4. The second-order valence-corrected chi connectivity index (χ2v) is 6.04. The molecular weight excluding hydrogens is 238 g/mol. The van der Waals surface area contributed by atoms with Crippen molar-refractivity contribution >= 4 is 0 Å². The van der Waals surface area contributed by atoms with Gasteiger partial charge < -0.3 is 10.1 Å². The van der Waals surface area contributed by atoms with Gasteiger partial charge in [0.25, 0.3) is 0 Å². The SMILES string of the molecule is COc1nc(C2CCC2)nc(C)c1C1(C)CCCN1. The molecule has 2 fully saturated rings. The van der Waals surface area contributed by atoms with Crippen molar-refractivity contribution in [2.45, 2.75) is 57.4 Å². The molecule has 1 atom stereocenters. The van der Waals surface area contributed by atoms with Crippen molar-refractivity contribution in [2.24, 2.45) is 0 Å². The smallest absolute Gasteiger partial charge is 0.221 e. The molecule has 1 saturated heterocycles. The number of aryl methyl sites for hydroxylation is 1. The van der Waals surface area contributed by atoms with Crippen molar-refractivity contribution in [1.29, 1.82) is 0 Å². The lowest BCUT2D eigenvalue weighted by Crippen LogP contribution is -2.35. The molecule has 4 nitrogen and oxygen atoms in total. The van der Waals surface area contributed by atoms with E-state index in [9.17, 15) is 0 Å². The largest absolute Gasteiger partial charge is 0.481 e. The van der Waals surface area contributed by atoms with E-state index >= 15 is 0 Å². The summed E-state index contributed by atoms with van der Waals surface area (Å²) in [5.41, 5.74) is 2.19. The van der Waals surface area contributed by atoms with Crippen LogP contribution in [0.25, 0.3) is 0 Å². The zero-order valence-electron chi connectivity index (χ0n) is 12.1. The van der Waals surface area contributed by atoms with Crippen LogP contribution in [-0.2, 0) is 5.54 Å². The van der Waals surface area contributed by atoms with Crippen LogP contribution >= 0.6 is 0 Å². The van der Waals surface area contributed by atoms with Gasteiger partial charge in [-0.2, -0.15) is 4.98 Å². The molecule has 19 heavy (non-hydrogen) atoms. The summed E-state index contributed by atoms with van der Waals surface area (Å²) in [7, 11) is 1.72. The van der Waals surface area contributed by atoms with Crippen LogP contribution in [-0.4, -0.2) is 23.6 Å². The van der Waals surface area contributed by atoms with Gasteiger partial charge in [-0.15, -0.1) is 0 Å². The minimum atomic E-state index is -0.0342. The molecule has 1 N–H and O–H groups in total. The molecule has 1 saturated carbocycles. The van der Waals surface area contributed by atoms with Crippen LogP contribution < -0.4 is 10.1 Å². The Morgan fingerprint density at radius 1 is 1.26 bits per heavy atom. The highest BCUT2D eigenvalue weighted by Crippen LogP contribution is 2.40. The Balaban J connectivity index is 2.03. The molecule has 1 aromatic heterocycles. The lowest BCUT2D eigenvalue weighted by molar-refractivity contribution is 0.341. The van der Waals surface area contributed by atoms with Crippen LogP contribution in [0.15, 0.2) is 0 Å². The Bertz CT molecular complexity index is 477. The van der Waals surface area contributed by atoms with Crippen LogP contribution in [0.2, 0.25) is 0 Å². The standard InChI is InChI=1S/C15H23N3O/c1-10-12(15(2)8-5-9-16-15)14(19-3)18-13(17-10)11-6-4-7-11/h11,16H,4-9H2,1-3H3. The van der Waals surface area contributed by atoms with E-state index in [2.05, 4.69) is 19.2 Å². The first-order valence-corrected chi connectivity index (χ1v) is 7.32. The minimum Gasteiger partial charge on any atom is -0.481 e. The van der Waals surface area contributed by atoms with Crippen molar-refractivity contribution in [3.8, 4) is 5.88 Å². The predicted molar refractivity (Wildman–Crippen MR) is 74.5 cm³/mol. The summed E-state index contributed by atoms with van der Waals surface area (Å²) in [6.45, 7) is 5.38. The van der Waals surface area contributed by atoms with Crippen LogP contribution in [0.5, 0.6) is 5.88 Å². The average molecular weight is 261 g/mol. The number of methoxy groups -OCH3 is 1. The molecule has 0 aromatic carbocycles. The van der Waals surface area contributed by atoms with E-state index in [0.29, 0.717) is 5.92 Å². The molecule has 0 spiro atoms. The first-order valence-electron chi connectivity index (χ1n) is 7.32. The van der Waals surface area contributed by atoms with E-state index in [-0.39, 0.29) is 5.54 Å². The fourth-order valence-corrected chi connectivity index (χ4v) is 3.31. The molecule has 0 bridgehead atoms. The molecule has 1 aliphatic carbocycles. The number of rotatable bonds is 3. The van der Waals surface area contributed by atoms with Gasteiger partial charge in [0.2, 0.25) is 5.88 Å². The van der Waals surface area contributed by atoms with Gasteiger partial charge in [-0.1, -0.05) is 6.42 Å². The van der Waals surface area contributed by atoms with Crippen molar-refractivity contribution in [1.82, 2.24) is 15.3 Å². The molecule has 1 unspecified atom stereocenters. The Morgan fingerprint density at radius 3 is 2.58 bits per heavy atom. The van der Waals surface area contributed by atoms with E-state index < -0.39 is 0 Å². The summed E-state index contributed by atoms with van der Waals surface area (Å²) in [6.07, 6.45) is 6.06. The van der Waals surface area contributed by atoms with Crippen molar-refractivity contribution in [2.75, 3.05) is 13.7 Å². The molecule has 1 aromatic rings. The van der Waals surface area contributed by atoms with Gasteiger partial charge in [0.1, 0.15) is 5.82 Å². The minimum absolute atomic E-state index is 0.0342. The van der Waals surface area contributed by atoms with Crippen molar-refractivity contribution < 1.29 is 4.74 Å². The second-order valence-electron chi connectivity index (χ2n) is 6.04. The van der Waals surface area contributed by atoms with Gasteiger partial charge in [0, 0.05) is 17.2 Å². The van der Waals surface area contributed by atoms with E-state index in [1.54, 1.807) is 7.11 Å². The fourth-order valence-electron chi connectivity index (χ4n) is 3.31. The lowest BCUT2D eigenvalue weighted by Gasteiger charge is -2.30. The van der Waals surface area contributed by atoms with Crippen LogP contribution in [0.1, 0.15) is 62.0 Å². The Morgan fingerprint density at radius 2 is 2.05 bits per heavy atom. The summed E-state index contributed by atoms with van der Waals surface area (Å²) < 4.78 is 5.57. The third-order valence-corrected chi connectivity index (χ3v) is 4.66. The van der Waals surface area contributed by atoms with Crippen molar-refractivity contribution in [3.05, 3.63) is 17.1 Å². The highest BCUT2D eigenvalue weighted by Gasteiger charge is 2.36. The molecule has 4 heteroatoms. The number of ether oxygens (including phenoxy) is 1. The topological polar surface area (TPSA) is 47.0 Å². The maximum Gasteiger partial charge on any atom is 0.221 e. The summed E-state index contributed by atoms with van der Waals surface area (Å²) >= 11 is 0. The predicted octanol–water partition coefficient (Wildman–Crippen LogP) is 2.66. The van der Waals surface area contributed by atoms with E-state index in [4.69, 9.17) is 14.7 Å². The maximum absolute atomic E-state index is 5.57. The number of nitrogens with zero attached hydrogens (tertiary/aromatic N) is 2. The molecule has 2 heterocycles. The third kappa shape index (κ3) is 2.12. The maximum atomic E-state index is 5.57. The highest BCUT2D eigenvalue weighted by molar-refractivity contribution is 5.38. The van der Waals surface area contributed by atoms with E-state index in [0.717, 1.165) is 35.9 Å². The zero-order valence-corrected chi connectivity index (χ0v) is 12.1. The van der Waals surface area contributed by atoms with Crippen LogP contribution in [0.3, 0.4) is 0 Å². The third-order valence-electron chi connectivity index (χ3n) is 4.66. The van der Waals surface area contributed by atoms with Crippen molar-refractivity contribution in [3.63, 3.8) is 0 Å². The lowest BCUT2D eigenvalue weighted by atomic mass is 9.84. The first kappa shape index (κ1) is 12.9. The highest BCUT2D eigenvalue weighted by atomic mass is 16.5. The van der Waals surface area contributed by atoms with E-state index in [1.165, 1.54) is 25.7 Å². The molecular formula is C15H23N3O. The number of hydrogen-bond donors (Lipinski definition) is 1. The number of nitrogens with one attached hydrogen (secondary N) is 1. The summed E-state index contributed by atoms with van der Waals surface area (Å²) in [6, 6.07) is 0. The summed E-state index contributed by atoms with van der Waals surface area (Å²) in [4.78, 5) is 9.45. The Labute approximate surface area is 115 Å². The molecule has 104 valence electrons. The Hall–Kier alpha value is -1.16. The second kappa shape index (κ2) is 4.75. The van der Waals surface area contributed by atoms with E-state index in [1.807, 2.05) is 0 Å². The normalized spacial score (nSPS) is 27.3. The zero-order chi connectivity index (χ0) is 13.5. The van der Waals surface area contributed by atoms with Gasteiger partial charge in [-0.05, 0) is 46.1 Å². The molecule has 0 amide bonds. The summed E-state index contributed by atoms with van der Waals surface area (Å²) in [5.74, 6) is 2.29. The average Bonchev–Trinajstić information content (AvgIpc) is 2.73. The number of aromatic nitrogens is 2. The van der Waals surface area contributed by atoms with Gasteiger partial charge in [-0.25, -0.2) is 4.98 Å². The monoisotopic (exact) mass is 261 g/mol. The molecule has 2 aliphatic rings. The van der Waals surface area contributed by atoms with Gasteiger partial charge in [-0.3, -0.25) is 0 Å². The summed E-state index contributed by atoms with van der Waals surface area (Å²) in [5, 5.41) is 3.58. The molecule has 1 aliphatic heterocycles. The Kier molecular flexibility index (Phi) is 3.21. The van der Waals surface area contributed by atoms with Gasteiger partial charge in [0.05, 0.1) is 12.7 Å². The van der Waals surface area contributed by atoms with Gasteiger partial charge in [0.15, 0.2) is 0 Å². The quantitative estimate of drug-likeness (QED) is 0.908. The molecule has 3 rings (SSSR count).